The van der Waals surface area contributed by atoms with E-state index in [1.807, 2.05) is 19.2 Å². The van der Waals surface area contributed by atoms with Gasteiger partial charge in [-0.3, -0.25) is 14.4 Å². The molecule has 2 fully saturated rings. The minimum absolute atomic E-state index is 0.0876. The lowest BCUT2D eigenvalue weighted by Gasteiger charge is -2.25. The van der Waals surface area contributed by atoms with Crippen LogP contribution in [0.2, 0.25) is 0 Å². The Kier molecular flexibility index (Phi) is 3.82. The molecular formula is C19H21N3O3. The van der Waals surface area contributed by atoms with E-state index in [0.717, 1.165) is 12.8 Å². The molecule has 2 amide bonds. The largest absolute Gasteiger partial charge is 0.356 e. The second-order valence-corrected chi connectivity index (χ2v) is 7.15. The molecule has 6 heteroatoms. The zero-order valence-corrected chi connectivity index (χ0v) is 14.1. The van der Waals surface area contributed by atoms with E-state index in [1.165, 1.54) is 6.20 Å². The molecular weight excluding hydrogens is 318 g/mol. The summed E-state index contributed by atoms with van der Waals surface area (Å²) in [7, 11) is 1.82. The number of carbonyl (C=O) groups is 2. The van der Waals surface area contributed by atoms with Crippen LogP contribution in [0.3, 0.4) is 0 Å². The maximum Gasteiger partial charge on any atom is 0.255 e. The van der Waals surface area contributed by atoms with E-state index in [2.05, 4.69) is 10.3 Å². The van der Waals surface area contributed by atoms with Crippen LogP contribution in [0.4, 0.5) is 0 Å². The summed E-state index contributed by atoms with van der Waals surface area (Å²) in [5.41, 5.74) is 0.327. The molecule has 2 aliphatic rings. The number of fused-ring (bicyclic) bond motifs is 2. The minimum Gasteiger partial charge on any atom is -0.356 e. The van der Waals surface area contributed by atoms with E-state index in [-0.39, 0.29) is 23.4 Å². The number of nitrogens with zero attached hydrogens (tertiary/aromatic N) is 1. The van der Waals surface area contributed by atoms with Gasteiger partial charge in [-0.05, 0) is 30.7 Å². The number of H-pyrrole nitrogens is 1. The maximum absolute atomic E-state index is 13.0. The number of hydrogen-bond donors (Lipinski definition) is 2. The number of aromatic nitrogens is 1. The Labute approximate surface area is 145 Å². The summed E-state index contributed by atoms with van der Waals surface area (Å²) in [6.07, 6.45) is 3.84. The molecule has 0 bridgehead atoms. The van der Waals surface area contributed by atoms with Crippen molar-refractivity contribution in [2.24, 2.45) is 11.8 Å². The molecule has 1 saturated carbocycles. The Balaban J connectivity index is 1.60. The topological polar surface area (TPSA) is 82.3 Å². The van der Waals surface area contributed by atoms with Crippen LogP contribution in [0.5, 0.6) is 0 Å². The van der Waals surface area contributed by atoms with Crippen LogP contribution >= 0.6 is 0 Å². The SMILES string of the molecule is CN(C(=O)c1c[nH]c(=O)c2ccccc12)[C@H]1C[C@H]2CC(=O)NC[C@H]2C1. The number of amides is 2. The van der Waals surface area contributed by atoms with Crippen molar-refractivity contribution in [2.45, 2.75) is 25.3 Å². The molecule has 2 aromatic rings. The summed E-state index contributed by atoms with van der Waals surface area (Å²) in [6, 6.07) is 7.29. The van der Waals surface area contributed by atoms with Crippen LogP contribution < -0.4 is 10.9 Å². The van der Waals surface area contributed by atoms with Crippen molar-refractivity contribution in [2.75, 3.05) is 13.6 Å². The first-order valence-corrected chi connectivity index (χ1v) is 8.69. The first-order valence-electron chi connectivity index (χ1n) is 8.69. The maximum atomic E-state index is 13.0. The lowest BCUT2D eigenvalue weighted by Crippen LogP contribution is -2.38. The Hall–Kier alpha value is -2.63. The molecule has 1 aliphatic carbocycles. The number of nitrogens with one attached hydrogen (secondary N) is 2. The van der Waals surface area contributed by atoms with Gasteiger partial charge in [-0.1, -0.05) is 18.2 Å². The summed E-state index contributed by atoms with van der Waals surface area (Å²) >= 11 is 0. The van der Waals surface area contributed by atoms with Crippen LogP contribution in [0, 0.1) is 11.8 Å². The van der Waals surface area contributed by atoms with Crippen molar-refractivity contribution in [3.8, 4) is 0 Å². The summed E-state index contributed by atoms with van der Waals surface area (Å²) in [4.78, 5) is 41.0. The molecule has 0 spiro atoms. The molecule has 3 atom stereocenters. The summed E-state index contributed by atoms with van der Waals surface area (Å²) in [5.74, 6) is 0.837. The summed E-state index contributed by atoms with van der Waals surface area (Å²) in [5, 5.41) is 4.12. The zero-order chi connectivity index (χ0) is 17.6. The number of aromatic amines is 1. The molecule has 1 aromatic carbocycles. The summed E-state index contributed by atoms with van der Waals surface area (Å²) in [6.45, 7) is 0.712. The quantitative estimate of drug-likeness (QED) is 0.870. The third kappa shape index (κ3) is 2.71. The molecule has 0 unspecified atom stereocenters. The predicted molar refractivity (Wildman–Crippen MR) is 94.3 cm³/mol. The van der Waals surface area contributed by atoms with Crippen LogP contribution in [0.1, 0.15) is 29.6 Å². The number of piperidine rings is 1. The molecule has 0 radical (unpaired) electrons. The first-order chi connectivity index (χ1) is 12.0. The zero-order valence-electron chi connectivity index (χ0n) is 14.1. The van der Waals surface area contributed by atoms with E-state index < -0.39 is 0 Å². The van der Waals surface area contributed by atoms with Gasteiger partial charge in [0.15, 0.2) is 0 Å². The van der Waals surface area contributed by atoms with Crippen molar-refractivity contribution in [3.05, 3.63) is 46.4 Å². The van der Waals surface area contributed by atoms with Gasteiger partial charge in [0.2, 0.25) is 5.91 Å². The van der Waals surface area contributed by atoms with Gasteiger partial charge in [-0.15, -0.1) is 0 Å². The smallest absolute Gasteiger partial charge is 0.255 e. The lowest BCUT2D eigenvalue weighted by atomic mass is 9.89. The van der Waals surface area contributed by atoms with Crippen molar-refractivity contribution in [1.29, 1.82) is 0 Å². The Bertz CT molecular complexity index is 904. The van der Waals surface area contributed by atoms with Gasteiger partial charge in [0.25, 0.3) is 11.5 Å². The Morgan fingerprint density at radius 2 is 1.84 bits per heavy atom. The monoisotopic (exact) mass is 339 g/mol. The van der Waals surface area contributed by atoms with Crippen LogP contribution in [-0.2, 0) is 4.79 Å². The fourth-order valence-electron chi connectivity index (χ4n) is 4.29. The standard InChI is InChI=1S/C19H21N3O3/c1-22(13-6-11-8-17(23)20-9-12(11)7-13)19(25)16-10-21-18(24)15-5-3-2-4-14(15)16/h2-5,10-13H,6-9H2,1H3,(H,20,23)(H,21,24)/t11-,12+,13-/m0/s1. The average molecular weight is 339 g/mol. The van der Waals surface area contributed by atoms with Crippen molar-refractivity contribution in [3.63, 3.8) is 0 Å². The lowest BCUT2D eigenvalue weighted by molar-refractivity contribution is -0.124. The van der Waals surface area contributed by atoms with Gasteiger partial charge in [-0.2, -0.15) is 0 Å². The van der Waals surface area contributed by atoms with Gasteiger partial charge < -0.3 is 15.2 Å². The van der Waals surface area contributed by atoms with Gasteiger partial charge in [-0.25, -0.2) is 0 Å². The van der Waals surface area contributed by atoms with E-state index in [0.29, 0.717) is 41.1 Å². The third-order valence-electron chi connectivity index (χ3n) is 5.73. The molecule has 2 heterocycles. The van der Waals surface area contributed by atoms with Crippen LogP contribution in [-0.4, -0.2) is 41.3 Å². The normalized spacial score (nSPS) is 25.5. The Morgan fingerprint density at radius 1 is 1.12 bits per heavy atom. The van der Waals surface area contributed by atoms with Gasteiger partial charge in [0.1, 0.15) is 0 Å². The molecule has 2 N–H and O–H groups in total. The molecule has 1 aliphatic heterocycles. The van der Waals surface area contributed by atoms with Gasteiger partial charge in [0, 0.05) is 43.0 Å². The highest BCUT2D eigenvalue weighted by atomic mass is 16.2. The Morgan fingerprint density at radius 3 is 2.64 bits per heavy atom. The molecule has 6 nitrogen and oxygen atoms in total. The van der Waals surface area contributed by atoms with E-state index in [4.69, 9.17) is 0 Å². The molecule has 1 saturated heterocycles. The summed E-state index contributed by atoms with van der Waals surface area (Å²) < 4.78 is 0. The van der Waals surface area contributed by atoms with Crippen LogP contribution in [0.25, 0.3) is 10.8 Å². The second-order valence-electron chi connectivity index (χ2n) is 7.15. The van der Waals surface area contributed by atoms with E-state index in [1.54, 1.807) is 17.0 Å². The number of pyridine rings is 1. The number of rotatable bonds is 2. The number of benzene rings is 1. The van der Waals surface area contributed by atoms with E-state index >= 15 is 0 Å². The van der Waals surface area contributed by atoms with Crippen molar-refractivity contribution >= 4 is 22.6 Å². The molecule has 4 rings (SSSR count). The van der Waals surface area contributed by atoms with Gasteiger partial charge in [0.05, 0.1) is 5.56 Å². The fraction of sp³-hybridized carbons (Fsp3) is 0.421. The molecule has 130 valence electrons. The predicted octanol–water partition coefficient (Wildman–Crippen LogP) is 1.51. The first kappa shape index (κ1) is 15.9. The molecule has 1 aromatic heterocycles. The van der Waals surface area contributed by atoms with Crippen molar-refractivity contribution in [1.82, 2.24) is 15.2 Å². The van der Waals surface area contributed by atoms with Crippen molar-refractivity contribution < 1.29 is 9.59 Å². The average Bonchev–Trinajstić information content (AvgIpc) is 3.04. The van der Waals surface area contributed by atoms with Gasteiger partial charge >= 0.3 is 0 Å². The van der Waals surface area contributed by atoms with Crippen LogP contribution in [0.15, 0.2) is 35.3 Å². The highest BCUT2D eigenvalue weighted by molar-refractivity contribution is 6.06. The number of carbonyl (C=O) groups excluding carboxylic acids is 2. The highest BCUT2D eigenvalue weighted by Crippen LogP contribution is 2.38. The third-order valence-corrected chi connectivity index (χ3v) is 5.73. The fourth-order valence-corrected chi connectivity index (χ4v) is 4.29. The number of hydrogen-bond acceptors (Lipinski definition) is 3. The molecule has 25 heavy (non-hydrogen) atoms. The minimum atomic E-state index is -0.189. The second kappa shape index (κ2) is 6.02. The highest BCUT2D eigenvalue weighted by Gasteiger charge is 2.40. The van der Waals surface area contributed by atoms with E-state index in [9.17, 15) is 14.4 Å².